The van der Waals surface area contributed by atoms with Crippen LogP contribution in [0.4, 0.5) is 0 Å². The first kappa shape index (κ1) is 30.2. The largest absolute Gasteiger partial charge is 0.490 e. The van der Waals surface area contributed by atoms with Gasteiger partial charge in [0.05, 0.1) is 31.2 Å². The number of hydrogen-bond donors (Lipinski definition) is 2. The van der Waals surface area contributed by atoms with Crippen LogP contribution in [-0.4, -0.2) is 78.6 Å². The lowest BCUT2D eigenvalue weighted by molar-refractivity contribution is -0.122. The molecule has 1 aliphatic heterocycles. The summed E-state index contributed by atoms with van der Waals surface area (Å²) in [6, 6.07) is 7.05. The van der Waals surface area contributed by atoms with Gasteiger partial charge in [0.15, 0.2) is 35.9 Å². The fraction of sp³-hybridized carbons (Fsp3) is 0.345. The number of carbonyl (C=O) groups excluding carboxylic acids is 2. The van der Waals surface area contributed by atoms with Crippen LogP contribution in [-0.2, 0) is 14.3 Å². The molecule has 1 atom stereocenters. The van der Waals surface area contributed by atoms with E-state index < -0.39 is 5.66 Å². The number of hydrogen-bond acceptors (Lipinski definition) is 10. The van der Waals surface area contributed by atoms with Gasteiger partial charge in [-0.05, 0) is 51.1 Å². The van der Waals surface area contributed by atoms with Gasteiger partial charge in [0.2, 0.25) is 0 Å². The van der Waals surface area contributed by atoms with E-state index in [1.807, 2.05) is 13.8 Å². The molecular weight excluding hydrogens is 512 g/mol. The molecule has 11 nitrogen and oxygen atoms in total. The Labute approximate surface area is 234 Å². The molecule has 1 fully saturated rings. The molecule has 3 rings (SSSR count). The fourth-order valence-electron chi connectivity index (χ4n) is 3.85. The molecule has 1 aromatic carbocycles. The molecule has 1 saturated heterocycles. The summed E-state index contributed by atoms with van der Waals surface area (Å²) in [5.74, 6) is 0.996. The predicted molar refractivity (Wildman–Crippen MR) is 153 cm³/mol. The Bertz CT molecular complexity index is 1290. The third-order valence-electron chi connectivity index (χ3n) is 5.87. The first-order valence-electron chi connectivity index (χ1n) is 12.9. The molecule has 2 heterocycles. The van der Waals surface area contributed by atoms with Gasteiger partial charge in [-0.2, -0.15) is 5.10 Å². The number of nitrogens with one attached hydrogen (secondary N) is 2. The van der Waals surface area contributed by atoms with Crippen LogP contribution in [0, 0.1) is 0 Å². The summed E-state index contributed by atoms with van der Waals surface area (Å²) in [4.78, 5) is 33.2. The topological polar surface area (TPSA) is 127 Å². The maximum atomic E-state index is 12.5. The number of amides is 1. The fourth-order valence-corrected chi connectivity index (χ4v) is 3.85. The van der Waals surface area contributed by atoms with E-state index in [1.54, 1.807) is 73.8 Å². The van der Waals surface area contributed by atoms with Crippen molar-refractivity contribution in [1.82, 2.24) is 25.6 Å². The number of nitrogens with zero attached hydrogens (tertiary/aromatic N) is 4. The Morgan fingerprint density at radius 2 is 2.08 bits per heavy atom. The zero-order valence-corrected chi connectivity index (χ0v) is 23.3. The van der Waals surface area contributed by atoms with Gasteiger partial charge in [0, 0.05) is 31.1 Å². The van der Waals surface area contributed by atoms with Gasteiger partial charge in [-0.25, -0.2) is 9.97 Å². The Hall–Kier alpha value is -4.35. The third-order valence-corrected chi connectivity index (χ3v) is 5.87. The minimum Gasteiger partial charge on any atom is -0.490 e. The smallest absolute Gasteiger partial charge is 0.262 e. The summed E-state index contributed by atoms with van der Waals surface area (Å²) in [6.07, 6.45) is 9.37. The normalized spacial score (nSPS) is 17.6. The predicted octanol–water partition coefficient (Wildman–Crippen LogP) is 2.85. The SMILES string of the molecule is C=C/C=C\C=C(/COC)NC(=O)COc1ccc(-c2nccc(/C(C)=N/N3CCNC3(C)C=O)n2)cc1OCC. The lowest BCUT2D eigenvalue weighted by Crippen LogP contribution is -2.48. The third kappa shape index (κ3) is 8.08. The van der Waals surface area contributed by atoms with E-state index in [9.17, 15) is 9.59 Å². The number of hydrazone groups is 1. The number of benzene rings is 1. The molecule has 1 aliphatic rings. The van der Waals surface area contributed by atoms with Gasteiger partial charge in [0.25, 0.3) is 5.91 Å². The van der Waals surface area contributed by atoms with E-state index in [0.29, 0.717) is 59.7 Å². The highest BCUT2D eigenvalue weighted by molar-refractivity contribution is 5.97. The van der Waals surface area contributed by atoms with Crippen LogP contribution in [0.5, 0.6) is 11.5 Å². The summed E-state index contributed by atoms with van der Waals surface area (Å²) in [7, 11) is 1.55. The van der Waals surface area contributed by atoms with Crippen molar-refractivity contribution in [3.05, 3.63) is 72.7 Å². The van der Waals surface area contributed by atoms with Gasteiger partial charge in [-0.15, -0.1) is 0 Å². The van der Waals surface area contributed by atoms with Gasteiger partial charge in [-0.3, -0.25) is 19.9 Å². The van der Waals surface area contributed by atoms with Crippen molar-refractivity contribution < 1.29 is 23.8 Å². The molecule has 0 saturated carbocycles. The second-order valence-corrected chi connectivity index (χ2v) is 8.94. The molecule has 2 N–H and O–H groups in total. The number of ether oxygens (including phenoxy) is 3. The summed E-state index contributed by atoms with van der Waals surface area (Å²) < 4.78 is 16.7. The minimum atomic E-state index is -0.847. The summed E-state index contributed by atoms with van der Waals surface area (Å²) in [6.45, 7) is 10.8. The van der Waals surface area contributed by atoms with Crippen LogP contribution in [0.3, 0.4) is 0 Å². The maximum absolute atomic E-state index is 12.5. The molecule has 40 heavy (non-hydrogen) atoms. The molecule has 0 spiro atoms. The van der Waals surface area contributed by atoms with Crippen LogP contribution < -0.4 is 20.1 Å². The molecule has 0 aliphatic carbocycles. The Balaban J connectivity index is 1.76. The van der Waals surface area contributed by atoms with Crippen LogP contribution in [0.2, 0.25) is 0 Å². The van der Waals surface area contributed by atoms with E-state index >= 15 is 0 Å². The first-order valence-corrected chi connectivity index (χ1v) is 12.9. The van der Waals surface area contributed by atoms with Crippen molar-refractivity contribution in [2.75, 3.05) is 40.0 Å². The zero-order valence-electron chi connectivity index (χ0n) is 23.3. The van der Waals surface area contributed by atoms with E-state index in [-0.39, 0.29) is 19.1 Å². The number of carbonyl (C=O) groups is 2. The van der Waals surface area contributed by atoms with Crippen molar-refractivity contribution in [2.45, 2.75) is 26.4 Å². The maximum Gasteiger partial charge on any atom is 0.262 e. The van der Waals surface area contributed by atoms with Gasteiger partial charge < -0.3 is 19.5 Å². The Morgan fingerprint density at radius 1 is 1.25 bits per heavy atom. The number of aldehydes is 1. The number of methoxy groups -OCH3 is 1. The standard InChI is InChI=1S/C29H36N6O5/c1-6-8-9-10-23(18-38-5)32-27(37)19-40-25-12-11-22(17-26(25)39-7-2)28-30-14-13-24(33-28)21(3)34-35-16-15-31-29(35,4)20-36/h6,8-14,17,20,31H,1,7,15-16,18-19H2,2-5H3,(H,32,37)/b9-8-,23-10+,34-21+. The van der Waals surface area contributed by atoms with E-state index in [0.717, 1.165) is 6.29 Å². The Morgan fingerprint density at radius 3 is 2.80 bits per heavy atom. The monoisotopic (exact) mass is 548 g/mol. The first-order chi connectivity index (χ1) is 19.3. The van der Waals surface area contributed by atoms with E-state index in [2.05, 4.69) is 32.3 Å². The van der Waals surface area contributed by atoms with Crippen molar-refractivity contribution >= 4 is 17.9 Å². The molecule has 212 valence electrons. The molecule has 11 heteroatoms. The van der Waals surface area contributed by atoms with E-state index in [1.165, 1.54) is 0 Å². The summed E-state index contributed by atoms with van der Waals surface area (Å²) in [5, 5.41) is 12.3. The number of allylic oxidation sites excluding steroid dienone is 4. The highest BCUT2D eigenvalue weighted by Crippen LogP contribution is 2.32. The van der Waals surface area contributed by atoms with Gasteiger partial charge in [-0.1, -0.05) is 24.8 Å². The van der Waals surface area contributed by atoms with Crippen LogP contribution >= 0.6 is 0 Å². The Kier molecular flexibility index (Phi) is 11.1. The molecule has 1 unspecified atom stereocenters. The molecular formula is C29H36N6O5. The second-order valence-electron chi connectivity index (χ2n) is 8.94. The summed E-state index contributed by atoms with van der Waals surface area (Å²) in [5.41, 5.74) is 1.72. The second kappa shape index (κ2) is 14.7. The quantitative estimate of drug-likeness (QED) is 0.208. The molecule has 0 bridgehead atoms. The molecule has 1 aromatic heterocycles. The lowest BCUT2D eigenvalue weighted by atomic mass is 10.1. The van der Waals surface area contributed by atoms with Crippen molar-refractivity contribution in [3.8, 4) is 22.9 Å². The van der Waals surface area contributed by atoms with Crippen LogP contribution in [0.15, 0.2) is 72.1 Å². The van der Waals surface area contributed by atoms with Gasteiger partial charge in [0.1, 0.15) is 0 Å². The van der Waals surface area contributed by atoms with Crippen LogP contribution in [0.1, 0.15) is 26.5 Å². The highest BCUT2D eigenvalue weighted by atomic mass is 16.5. The van der Waals surface area contributed by atoms with Crippen molar-refractivity contribution in [3.63, 3.8) is 0 Å². The highest BCUT2D eigenvalue weighted by Gasteiger charge is 2.35. The van der Waals surface area contributed by atoms with Crippen molar-refractivity contribution in [2.24, 2.45) is 5.10 Å². The minimum absolute atomic E-state index is 0.224. The average Bonchev–Trinajstić information content (AvgIpc) is 3.32. The van der Waals surface area contributed by atoms with E-state index in [4.69, 9.17) is 14.2 Å². The lowest BCUT2D eigenvalue weighted by Gasteiger charge is -2.27. The molecule has 1 amide bonds. The zero-order chi connectivity index (χ0) is 29.0. The average molecular weight is 549 g/mol. The number of rotatable bonds is 14. The van der Waals surface area contributed by atoms with Crippen LogP contribution in [0.25, 0.3) is 11.4 Å². The summed E-state index contributed by atoms with van der Waals surface area (Å²) >= 11 is 0. The van der Waals surface area contributed by atoms with Gasteiger partial charge >= 0.3 is 0 Å². The molecule has 0 radical (unpaired) electrons. The number of aromatic nitrogens is 2. The molecule has 2 aromatic rings. The van der Waals surface area contributed by atoms with Crippen molar-refractivity contribution in [1.29, 1.82) is 0 Å².